The number of aryl methyl sites for hydroxylation is 1. The van der Waals surface area contributed by atoms with Gasteiger partial charge in [0.1, 0.15) is 17.8 Å². The number of nitrogens with two attached hydrogens (primary N) is 1. The molecule has 17 heavy (non-hydrogen) atoms. The first-order valence-corrected chi connectivity index (χ1v) is 5.00. The van der Waals surface area contributed by atoms with Crippen LogP contribution in [0.2, 0.25) is 0 Å². The lowest BCUT2D eigenvalue weighted by Crippen LogP contribution is -2.07. The molecule has 0 unspecified atom stereocenters. The summed E-state index contributed by atoms with van der Waals surface area (Å²) in [5.74, 6) is 2.16. The molecule has 0 spiro atoms. The summed E-state index contributed by atoms with van der Waals surface area (Å²) in [6.07, 6.45) is 3.03. The van der Waals surface area contributed by atoms with Crippen LogP contribution in [0.15, 0.2) is 16.9 Å². The van der Waals surface area contributed by atoms with E-state index < -0.39 is 0 Å². The van der Waals surface area contributed by atoms with Crippen molar-refractivity contribution in [1.29, 1.82) is 0 Å². The Morgan fingerprint density at radius 1 is 1.41 bits per heavy atom. The average Bonchev–Trinajstić information content (AvgIpc) is 2.74. The number of nitrogens with one attached hydrogen (secondary N) is 1. The number of ether oxygens (including phenoxy) is 1. The van der Waals surface area contributed by atoms with Crippen LogP contribution in [0.25, 0.3) is 0 Å². The highest BCUT2D eigenvalue weighted by atomic mass is 16.5. The van der Waals surface area contributed by atoms with E-state index in [0.29, 0.717) is 29.8 Å². The molecule has 0 radical (unpaired) electrons. The van der Waals surface area contributed by atoms with Crippen LogP contribution in [0.3, 0.4) is 0 Å². The van der Waals surface area contributed by atoms with Crippen molar-refractivity contribution < 1.29 is 9.15 Å². The summed E-state index contributed by atoms with van der Waals surface area (Å²) in [5.41, 5.74) is 6.16. The summed E-state index contributed by atoms with van der Waals surface area (Å²) in [6, 6.07) is 0. The quantitative estimate of drug-likeness (QED) is 0.814. The van der Waals surface area contributed by atoms with Gasteiger partial charge >= 0.3 is 0 Å². The number of hydrogen-bond donors (Lipinski definition) is 2. The lowest BCUT2D eigenvalue weighted by Gasteiger charge is -2.08. The minimum absolute atomic E-state index is 0.339. The maximum absolute atomic E-state index is 5.80. The number of nitrogen functional groups attached to an aromatic ring is 1. The van der Waals surface area contributed by atoms with E-state index in [9.17, 15) is 0 Å². The van der Waals surface area contributed by atoms with Gasteiger partial charge in [0.25, 0.3) is 0 Å². The standard InChI is InChI=1S/C10H13N5O2/c1-6-3-12-7(17-6)4-13-9-8(11)10(16-2)15-5-14-9/h3,5H,4,11H2,1-2H3,(H,13,14,15). The predicted octanol–water partition coefficient (Wildman–Crippen LogP) is 0.976. The summed E-state index contributed by atoms with van der Waals surface area (Å²) in [6.45, 7) is 2.23. The van der Waals surface area contributed by atoms with Crippen LogP contribution >= 0.6 is 0 Å². The monoisotopic (exact) mass is 235 g/mol. The Labute approximate surface area is 98.0 Å². The minimum Gasteiger partial charge on any atom is -0.479 e. The van der Waals surface area contributed by atoms with Crippen molar-refractivity contribution in [1.82, 2.24) is 15.0 Å². The summed E-state index contributed by atoms with van der Waals surface area (Å²) >= 11 is 0. The fourth-order valence-electron chi connectivity index (χ4n) is 1.33. The van der Waals surface area contributed by atoms with E-state index in [0.717, 1.165) is 5.76 Å². The van der Waals surface area contributed by atoms with Gasteiger partial charge in [-0.1, -0.05) is 0 Å². The normalized spacial score (nSPS) is 10.2. The second-order valence-electron chi connectivity index (χ2n) is 3.36. The second-order valence-corrected chi connectivity index (χ2v) is 3.36. The van der Waals surface area contributed by atoms with Crippen LogP contribution in [0, 0.1) is 6.92 Å². The van der Waals surface area contributed by atoms with Crippen molar-refractivity contribution in [3.8, 4) is 5.88 Å². The molecule has 0 saturated heterocycles. The van der Waals surface area contributed by atoms with Crippen molar-refractivity contribution in [3.05, 3.63) is 24.2 Å². The molecule has 0 fully saturated rings. The largest absolute Gasteiger partial charge is 0.479 e. The van der Waals surface area contributed by atoms with Gasteiger partial charge < -0.3 is 20.2 Å². The van der Waals surface area contributed by atoms with Crippen molar-refractivity contribution in [2.75, 3.05) is 18.2 Å². The summed E-state index contributed by atoms with van der Waals surface area (Å²) < 4.78 is 10.3. The van der Waals surface area contributed by atoms with Crippen molar-refractivity contribution in [3.63, 3.8) is 0 Å². The molecule has 90 valence electrons. The van der Waals surface area contributed by atoms with E-state index in [1.54, 1.807) is 6.20 Å². The van der Waals surface area contributed by atoms with Crippen LogP contribution in [0.4, 0.5) is 11.5 Å². The smallest absolute Gasteiger partial charge is 0.242 e. The zero-order chi connectivity index (χ0) is 12.3. The summed E-state index contributed by atoms with van der Waals surface area (Å²) in [4.78, 5) is 11.9. The molecular formula is C10H13N5O2. The van der Waals surface area contributed by atoms with E-state index in [4.69, 9.17) is 14.9 Å². The van der Waals surface area contributed by atoms with Gasteiger partial charge in [0.05, 0.1) is 19.9 Å². The van der Waals surface area contributed by atoms with Crippen LogP contribution in [-0.4, -0.2) is 22.1 Å². The lowest BCUT2D eigenvalue weighted by atomic mass is 10.4. The Balaban J connectivity index is 2.09. The van der Waals surface area contributed by atoms with Gasteiger partial charge in [-0.25, -0.2) is 9.97 Å². The third-order valence-electron chi connectivity index (χ3n) is 2.12. The van der Waals surface area contributed by atoms with Gasteiger partial charge in [0, 0.05) is 0 Å². The maximum atomic E-state index is 5.80. The van der Waals surface area contributed by atoms with Crippen molar-refractivity contribution >= 4 is 11.5 Å². The van der Waals surface area contributed by atoms with Gasteiger partial charge in [0.15, 0.2) is 5.82 Å². The first-order chi connectivity index (χ1) is 8.20. The number of oxazole rings is 1. The van der Waals surface area contributed by atoms with E-state index >= 15 is 0 Å². The number of hydrogen-bond acceptors (Lipinski definition) is 7. The Kier molecular flexibility index (Phi) is 3.08. The van der Waals surface area contributed by atoms with Crippen LogP contribution in [-0.2, 0) is 6.54 Å². The Morgan fingerprint density at radius 2 is 2.24 bits per heavy atom. The molecule has 0 aliphatic carbocycles. The van der Waals surface area contributed by atoms with Gasteiger partial charge in [-0.2, -0.15) is 4.98 Å². The number of methoxy groups -OCH3 is 1. The molecule has 0 aliphatic rings. The molecule has 2 aromatic heterocycles. The van der Waals surface area contributed by atoms with Gasteiger partial charge in [0.2, 0.25) is 11.8 Å². The van der Waals surface area contributed by atoms with Crippen LogP contribution in [0.1, 0.15) is 11.7 Å². The predicted molar refractivity (Wildman–Crippen MR) is 61.6 cm³/mol. The SMILES string of the molecule is COc1ncnc(NCc2ncc(C)o2)c1N. The Bertz CT molecular complexity index is 511. The molecular weight excluding hydrogens is 222 g/mol. The molecule has 2 aromatic rings. The number of anilines is 2. The number of nitrogens with zero attached hydrogens (tertiary/aromatic N) is 3. The highest BCUT2D eigenvalue weighted by molar-refractivity contribution is 5.66. The highest BCUT2D eigenvalue weighted by Crippen LogP contribution is 2.24. The molecule has 2 rings (SSSR count). The zero-order valence-corrected chi connectivity index (χ0v) is 9.60. The number of rotatable bonds is 4. The van der Waals surface area contributed by atoms with E-state index in [1.807, 2.05) is 6.92 Å². The van der Waals surface area contributed by atoms with Crippen LogP contribution in [0.5, 0.6) is 5.88 Å². The molecule has 0 saturated carbocycles. The minimum atomic E-state index is 0.339. The molecule has 0 atom stereocenters. The third-order valence-corrected chi connectivity index (χ3v) is 2.12. The molecule has 0 aliphatic heterocycles. The fraction of sp³-hybridized carbons (Fsp3) is 0.300. The molecule has 0 bridgehead atoms. The van der Waals surface area contributed by atoms with Gasteiger partial charge in [-0.05, 0) is 6.92 Å². The molecule has 2 heterocycles. The molecule has 0 aromatic carbocycles. The van der Waals surface area contributed by atoms with Gasteiger partial charge in [-0.3, -0.25) is 0 Å². The molecule has 3 N–H and O–H groups in total. The maximum Gasteiger partial charge on any atom is 0.242 e. The first-order valence-electron chi connectivity index (χ1n) is 5.00. The average molecular weight is 235 g/mol. The molecule has 7 heteroatoms. The van der Waals surface area contributed by atoms with E-state index in [-0.39, 0.29) is 0 Å². The van der Waals surface area contributed by atoms with E-state index in [1.165, 1.54) is 13.4 Å². The van der Waals surface area contributed by atoms with E-state index in [2.05, 4.69) is 20.3 Å². The third kappa shape index (κ3) is 2.44. The molecule has 7 nitrogen and oxygen atoms in total. The molecule has 0 amide bonds. The van der Waals surface area contributed by atoms with Crippen molar-refractivity contribution in [2.45, 2.75) is 13.5 Å². The fourth-order valence-corrected chi connectivity index (χ4v) is 1.33. The zero-order valence-electron chi connectivity index (χ0n) is 9.60. The second kappa shape index (κ2) is 4.69. The lowest BCUT2D eigenvalue weighted by molar-refractivity contribution is 0.399. The first kappa shape index (κ1) is 11.2. The number of aromatic nitrogens is 3. The highest BCUT2D eigenvalue weighted by Gasteiger charge is 2.08. The van der Waals surface area contributed by atoms with Crippen LogP contribution < -0.4 is 15.8 Å². The Morgan fingerprint density at radius 3 is 2.88 bits per heavy atom. The summed E-state index contributed by atoms with van der Waals surface area (Å²) in [5, 5.41) is 3.00. The topological polar surface area (TPSA) is 99.1 Å². The van der Waals surface area contributed by atoms with Crippen molar-refractivity contribution in [2.24, 2.45) is 0 Å². The summed E-state index contributed by atoms with van der Waals surface area (Å²) in [7, 11) is 1.50. The van der Waals surface area contributed by atoms with Gasteiger partial charge in [-0.15, -0.1) is 0 Å². The Hall–Kier alpha value is -2.31.